The van der Waals surface area contributed by atoms with Crippen LogP contribution in [0.5, 0.6) is 0 Å². The number of nitrogens with zero attached hydrogens (tertiary/aromatic N) is 1. The van der Waals surface area contributed by atoms with Crippen LogP contribution in [0.1, 0.15) is 12.6 Å². The number of carbonyl (C=O) groups is 1. The van der Waals surface area contributed by atoms with Crippen LogP contribution >= 0.6 is 0 Å². The summed E-state index contributed by atoms with van der Waals surface area (Å²) < 4.78 is 4.68. The maximum absolute atomic E-state index is 11.2. The lowest BCUT2D eigenvalue weighted by molar-refractivity contribution is -0.141. The topological polar surface area (TPSA) is 59.4 Å². The zero-order valence-corrected chi connectivity index (χ0v) is 9.96. The number of para-hydroxylation sites is 1. The fourth-order valence-corrected chi connectivity index (χ4v) is 1.57. The van der Waals surface area contributed by atoms with Gasteiger partial charge in [0.2, 0.25) is 5.76 Å². The highest BCUT2D eigenvalue weighted by Crippen LogP contribution is 2.13. The Morgan fingerprint density at radius 2 is 2.11 bits per heavy atom. The SMILES string of the molecule is CCOC(=O)/C(O)=C\c1ccc2ccccc2n1. The van der Waals surface area contributed by atoms with Gasteiger partial charge < -0.3 is 9.84 Å². The summed E-state index contributed by atoms with van der Waals surface area (Å²) in [5, 5.41) is 10.5. The molecular weight excluding hydrogens is 230 g/mol. The zero-order chi connectivity index (χ0) is 13.0. The van der Waals surface area contributed by atoms with Gasteiger partial charge in [-0.3, -0.25) is 0 Å². The number of carbonyl (C=O) groups excluding carboxylic acids is 1. The number of esters is 1. The second kappa shape index (κ2) is 5.31. The molecule has 1 N–H and O–H groups in total. The highest BCUT2D eigenvalue weighted by molar-refractivity contribution is 5.91. The number of hydrogen-bond acceptors (Lipinski definition) is 4. The number of aliphatic hydroxyl groups is 1. The summed E-state index contributed by atoms with van der Waals surface area (Å²) in [6.45, 7) is 1.90. The second-order valence-corrected chi connectivity index (χ2v) is 3.68. The van der Waals surface area contributed by atoms with E-state index >= 15 is 0 Å². The van der Waals surface area contributed by atoms with Gasteiger partial charge in [-0.15, -0.1) is 0 Å². The Balaban J connectivity index is 2.31. The molecule has 4 heteroatoms. The van der Waals surface area contributed by atoms with E-state index in [2.05, 4.69) is 9.72 Å². The maximum Gasteiger partial charge on any atom is 0.373 e. The van der Waals surface area contributed by atoms with Gasteiger partial charge >= 0.3 is 5.97 Å². The van der Waals surface area contributed by atoms with E-state index in [4.69, 9.17) is 0 Å². The third-order valence-corrected chi connectivity index (χ3v) is 2.39. The van der Waals surface area contributed by atoms with Crippen molar-refractivity contribution in [2.75, 3.05) is 6.61 Å². The molecule has 0 bridgehead atoms. The molecule has 0 spiro atoms. The van der Waals surface area contributed by atoms with Crippen molar-refractivity contribution in [1.29, 1.82) is 0 Å². The first-order chi connectivity index (χ1) is 8.70. The number of hydrogen-bond donors (Lipinski definition) is 1. The van der Waals surface area contributed by atoms with Crippen molar-refractivity contribution < 1.29 is 14.6 Å². The van der Waals surface area contributed by atoms with Crippen molar-refractivity contribution in [3.05, 3.63) is 47.9 Å². The minimum absolute atomic E-state index is 0.224. The Morgan fingerprint density at radius 1 is 1.33 bits per heavy atom. The van der Waals surface area contributed by atoms with Crippen LogP contribution in [0.3, 0.4) is 0 Å². The number of benzene rings is 1. The van der Waals surface area contributed by atoms with Gasteiger partial charge in [-0.25, -0.2) is 9.78 Å². The summed E-state index contributed by atoms with van der Waals surface area (Å²) >= 11 is 0. The smallest absolute Gasteiger partial charge is 0.373 e. The van der Waals surface area contributed by atoms with Gasteiger partial charge in [0.15, 0.2) is 0 Å². The van der Waals surface area contributed by atoms with E-state index in [0.717, 1.165) is 10.9 Å². The van der Waals surface area contributed by atoms with Crippen LogP contribution in [0, 0.1) is 0 Å². The predicted octanol–water partition coefficient (Wildman–Crippen LogP) is 2.70. The molecule has 0 unspecified atom stereocenters. The third kappa shape index (κ3) is 2.66. The van der Waals surface area contributed by atoms with E-state index in [1.54, 1.807) is 13.0 Å². The van der Waals surface area contributed by atoms with Crippen molar-refractivity contribution in [3.63, 3.8) is 0 Å². The Bertz CT molecular complexity index is 605. The van der Waals surface area contributed by atoms with Crippen LogP contribution in [0.4, 0.5) is 0 Å². The first-order valence-electron chi connectivity index (χ1n) is 5.64. The molecule has 0 atom stereocenters. The molecule has 1 aromatic heterocycles. The molecule has 18 heavy (non-hydrogen) atoms. The number of pyridine rings is 1. The molecule has 0 radical (unpaired) electrons. The van der Waals surface area contributed by atoms with Crippen LogP contribution < -0.4 is 0 Å². The minimum Gasteiger partial charge on any atom is -0.502 e. The molecule has 2 rings (SSSR count). The summed E-state index contributed by atoms with van der Waals surface area (Å²) in [7, 11) is 0. The average Bonchev–Trinajstić information content (AvgIpc) is 2.39. The summed E-state index contributed by atoms with van der Waals surface area (Å²) in [4.78, 5) is 15.6. The molecule has 0 aliphatic carbocycles. The Hall–Kier alpha value is -2.36. The largest absolute Gasteiger partial charge is 0.502 e. The Kier molecular flexibility index (Phi) is 3.57. The van der Waals surface area contributed by atoms with Gasteiger partial charge in [-0.1, -0.05) is 24.3 Å². The average molecular weight is 243 g/mol. The first kappa shape index (κ1) is 12.1. The molecule has 2 aromatic rings. The molecule has 92 valence electrons. The van der Waals surface area contributed by atoms with Gasteiger partial charge in [0.25, 0.3) is 0 Å². The Morgan fingerprint density at radius 3 is 2.89 bits per heavy atom. The zero-order valence-electron chi connectivity index (χ0n) is 9.96. The monoisotopic (exact) mass is 243 g/mol. The molecule has 0 saturated heterocycles. The fourth-order valence-electron chi connectivity index (χ4n) is 1.57. The van der Waals surface area contributed by atoms with E-state index in [-0.39, 0.29) is 6.61 Å². The van der Waals surface area contributed by atoms with Crippen LogP contribution in [0.15, 0.2) is 42.2 Å². The van der Waals surface area contributed by atoms with Crippen molar-refractivity contribution in [2.45, 2.75) is 6.92 Å². The molecule has 0 aliphatic heterocycles. The lowest BCUT2D eigenvalue weighted by Crippen LogP contribution is -2.06. The number of fused-ring (bicyclic) bond motifs is 1. The van der Waals surface area contributed by atoms with E-state index in [1.807, 2.05) is 30.3 Å². The normalized spacial score (nSPS) is 11.5. The molecule has 0 fully saturated rings. The fraction of sp³-hybridized carbons (Fsp3) is 0.143. The van der Waals surface area contributed by atoms with Crippen LogP contribution in [0.2, 0.25) is 0 Å². The second-order valence-electron chi connectivity index (χ2n) is 3.68. The number of rotatable bonds is 3. The highest BCUT2D eigenvalue weighted by Gasteiger charge is 2.08. The first-order valence-corrected chi connectivity index (χ1v) is 5.64. The van der Waals surface area contributed by atoms with Crippen LogP contribution in [-0.4, -0.2) is 22.7 Å². The molecule has 1 heterocycles. The van der Waals surface area contributed by atoms with Crippen molar-refractivity contribution >= 4 is 22.9 Å². The van der Waals surface area contributed by atoms with Gasteiger partial charge in [-0.2, -0.15) is 0 Å². The summed E-state index contributed by atoms with van der Waals surface area (Å²) in [5.41, 5.74) is 1.32. The van der Waals surface area contributed by atoms with Crippen molar-refractivity contribution in [3.8, 4) is 0 Å². The quantitative estimate of drug-likeness (QED) is 0.511. The third-order valence-electron chi connectivity index (χ3n) is 2.39. The minimum atomic E-state index is -0.743. The summed E-state index contributed by atoms with van der Waals surface area (Å²) in [6.07, 6.45) is 1.30. The van der Waals surface area contributed by atoms with Crippen molar-refractivity contribution in [2.24, 2.45) is 0 Å². The van der Waals surface area contributed by atoms with Gasteiger partial charge in [-0.05, 0) is 19.1 Å². The lowest BCUT2D eigenvalue weighted by atomic mass is 10.2. The summed E-state index contributed by atoms with van der Waals surface area (Å²) in [5.74, 6) is -1.19. The van der Waals surface area contributed by atoms with Crippen LogP contribution in [-0.2, 0) is 9.53 Å². The van der Waals surface area contributed by atoms with E-state index < -0.39 is 11.7 Å². The van der Waals surface area contributed by atoms with Crippen molar-refractivity contribution in [1.82, 2.24) is 4.98 Å². The molecular formula is C14H13NO3. The number of aromatic nitrogens is 1. The maximum atomic E-state index is 11.2. The molecule has 1 aromatic carbocycles. The van der Waals surface area contributed by atoms with Gasteiger partial charge in [0.05, 0.1) is 17.8 Å². The predicted molar refractivity (Wildman–Crippen MR) is 69.0 cm³/mol. The van der Waals surface area contributed by atoms with Gasteiger partial charge in [0, 0.05) is 11.5 Å². The number of aliphatic hydroxyl groups excluding tert-OH is 1. The number of ether oxygens (including phenoxy) is 1. The van der Waals surface area contributed by atoms with Crippen LogP contribution in [0.25, 0.3) is 17.0 Å². The molecule has 4 nitrogen and oxygen atoms in total. The summed E-state index contributed by atoms with van der Waals surface area (Å²) in [6, 6.07) is 11.2. The van der Waals surface area contributed by atoms with E-state index in [0.29, 0.717) is 5.69 Å². The molecule has 0 amide bonds. The van der Waals surface area contributed by atoms with E-state index in [1.165, 1.54) is 6.08 Å². The standard InChI is InChI=1S/C14H13NO3/c1-2-18-14(17)13(16)9-11-8-7-10-5-3-4-6-12(10)15-11/h3-9,16H,2H2,1H3/b13-9+. The Labute approximate surface area is 105 Å². The highest BCUT2D eigenvalue weighted by atomic mass is 16.5. The molecule has 0 saturated carbocycles. The lowest BCUT2D eigenvalue weighted by Gasteiger charge is -2.01. The van der Waals surface area contributed by atoms with E-state index in [9.17, 15) is 9.90 Å². The molecule has 0 aliphatic rings. The van der Waals surface area contributed by atoms with Gasteiger partial charge in [0.1, 0.15) is 0 Å².